The molecule has 17 heavy (non-hydrogen) atoms. The molecule has 0 bridgehead atoms. The summed E-state index contributed by atoms with van der Waals surface area (Å²) in [6, 6.07) is 1.99. The molecule has 0 spiro atoms. The van der Waals surface area contributed by atoms with Gasteiger partial charge in [-0.2, -0.15) is 0 Å². The van der Waals surface area contributed by atoms with Crippen LogP contribution in [0.2, 0.25) is 0 Å². The fraction of sp³-hybridized carbons (Fsp3) is 0.615. The lowest BCUT2D eigenvalue weighted by Gasteiger charge is -2.31. The van der Waals surface area contributed by atoms with E-state index in [-0.39, 0.29) is 11.3 Å². The van der Waals surface area contributed by atoms with E-state index in [2.05, 4.69) is 13.8 Å². The van der Waals surface area contributed by atoms with Gasteiger partial charge in [0.05, 0.1) is 4.88 Å². The Hall–Kier alpha value is -0.870. The highest BCUT2D eigenvalue weighted by atomic mass is 32.1. The molecule has 1 aromatic rings. The molecule has 0 fully saturated rings. The molecule has 1 amide bonds. The molecular weight excluding hydrogens is 232 g/mol. The van der Waals surface area contributed by atoms with Crippen LogP contribution < -0.4 is 5.73 Å². The van der Waals surface area contributed by atoms with Crippen molar-refractivity contribution >= 4 is 17.2 Å². The van der Waals surface area contributed by atoms with Crippen molar-refractivity contribution in [2.75, 3.05) is 19.6 Å². The van der Waals surface area contributed by atoms with Crippen molar-refractivity contribution in [3.05, 3.63) is 21.9 Å². The maximum absolute atomic E-state index is 12.3. The zero-order valence-electron chi connectivity index (χ0n) is 11.1. The van der Waals surface area contributed by atoms with Gasteiger partial charge in [0, 0.05) is 13.1 Å². The molecule has 1 heterocycles. The van der Waals surface area contributed by atoms with Gasteiger partial charge in [0.25, 0.3) is 5.91 Å². The van der Waals surface area contributed by atoms with Crippen LogP contribution in [0, 0.1) is 12.3 Å². The largest absolute Gasteiger partial charge is 0.338 e. The van der Waals surface area contributed by atoms with Crippen LogP contribution in [0.1, 0.15) is 36.0 Å². The van der Waals surface area contributed by atoms with Crippen molar-refractivity contribution < 1.29 is 4.79 Å². The number of nitrogens with two attached hydrogens (primary N) is 1. The summed E-state index contributed by atoms with van der Waals surface area (Å²) in [5, 5.41) is 1.96. The number of thiophene rings is 1. The first-order chi connectivity index (χ1) is 7.91. The van der Waals surface area contributed by atoms with Gasteiger partial charge in [-0.3, -0.25) is 4.79 Å². The van der Waals surface area contributed by atoms with Crippen LogP contribution in [0.25, 0.3) is 0 Å². The second kappa shape index (κ2) is 5.65. The molecule has 2 N–H and O–H groups in total. The lowest BCUT2D eigenvalue weighted by atomic mass is 9.93. The Kier molecular flexibility index (Phi) is 4.71. The highest BCUT2D eigenvalue weighted by Crippen LogP contribution is 2.21. The van der Waals surface area contributed by atoms with Gasteiger partial charge in [-0.05, 0) is 42.8 Å². The average molecular weight is 254 g/mol. The van der Waals surface area contributed by atoms with Gasteiger partial charge >= 0.3 is 0 Å². The van der Waals surface area contributed by atoms with Gasteiger partial charge in [-0.25, -0.2) is 0 Å². The summed E-state index contributed by atoms with van der Waals surface area (Å²) in [5.74, 6) is 0.126. The van der Waals surface area contributed by atoms with Gasteiger partial charge < -0.3 is 10.6 Å². The van der Waals surface area contributed by atoms with E-state index in [4.69, 9.17) is 5.73 Å². The second-order valence-electron chi connectivity index (χ2n) is 5.12. The van der Waals surface area contributed by atoms with Crippen molar-refractivity contribution in [1.82, 2.24) is 4.90 Å². The van der Waals surface area contributed by atoms with Crippen molar-refractivity contribution in [2.45, 2.75) is 27.7 Å². The molecule has 0 aliphatic carbocycles. The topological polar surface area (TPSA) is 46.3 Å². The monoisotopic (exact) mass is 254 g/mol. The Morgan fingerprint density at radius 2 is 2.18 bits per heavy atom. The highest BCUT2D eigenvalue weighted by Gasteiger charge is 2.24. The number of amides is 1. The number of nitrogens with zero attached hydrogens (tertiary/aromatic N) is 1. The van der Waals surface area contributed by atoms with E-state index in [1.165, 1.54) is 11.3 Å². The first kappa shape index (κ1) is 14.2. The maximum Gasteiger partial charge on any atom is 0.264 e. The molecule has 1 rings (SSSR count). The minimum absolute atomic E-state index is 0.0309. The molecule has 1 aromatic heterocycles. The normalized spacial score (nSPS) is 11.6. The van der Waals surface area contributed by atoms with Gasteiger partial charge in [0.15, 0.2) is 0 Å². The van der Waals surface area contributed by atoms with Crippen LogP contribution in [-0.2, 0) is 0 Å². The zero-order valence-corrected chi connectivity index (χ0v) is 11.9. The molecule has 0 saturated heterocycles. The van der Waals surface area contributed by atoms with Crippen molar-refractivity contribution in [1.29, 1.82) is 0 Å². The molecular formula is C13H22N2OS. The Labute approximate surface area is 108 Å². The van der Waals surface area contributed by atoms with Crippen molar-refractivity contribution in [2.24, 2.45) is 11.1 Å². The highest BCUT2D eigenvalue weighted by molar-refractivity contribution is 7.12. The van der Waals surface area contributed by atoms with Crippen LogP contribution in [0.3, 0.4) is 0 Å². The minimum Gasteiger partial charge on any atom is -0.338 e. The lowest BCUT2D eigenvalue weighted by Crippen LogP contribution is -2.41. The van der Waals surface area contributed by atoms with Crippen molar-refractivity contribution in [3.8, 4) is 0 Å². The SMILES string of the molecule is CCN(CC(C)(C)CN)C(=O)c1sccc1C. The van der Waals surface area contributed by atoms with E-state index in [9.17, 15) is 4.79 Å². The van der Waals surface area contributed by atoms with Gasteiger partial charge in [0.2, 0.25) is 0 Å². The number of aryl methyl sites for hydroxylation is 1. The quantitative estimate of drug-likeness (QED) is 0.877. The van der Waals surface area contributed by atoms with Gasteiger partial charge in [-0.1, -0.05) is 13.8 Å². The molecule has 96 valence electrons. The predicted molar refractivity (Wildman–Crippen MR) is 73.5 cm³/mol. The molecule has 0 unspecified atom stereocenters. The number of hydrogen-bond acceptors (Lipinski definition) is 3. The molecule has 0 saturated carbocycles. The molecule has 4 heteroatoms. The van der Waals surface area contributed by atoms with E-state index >= 15 is 0 Å². The molecule has 0 aliphatic heterocycles. The average Bonchev–Trinajstić information content (AvgIpc) is 2.71. The minimum atomic E-state index is -0.0309. The molecule has 0 radical (unpaired) electrons. The summed E-state index contributed by atoms with van der Waals surface area (Å²) in [7, 11) is 0. The lowest BCUT2D eigenvalue weighted by molar-refractivity contribution is 0.0705. The van der Waals surface area contributed by atoms with Crippen LogP contribution in [0.4, 0.5) is 0 Å². The van der Waals surface area contributed by atoms with E-state index in [0.717, 1.165) is 17.0 Å². The fourth-order valence-corrected chi connectivity index (χ4v) is 2.54. The number of carbonyl (C=O) groups is 1. The van der Waals surface area contributed by atoms with Gasteiger partial charge in [-0.15, -0.1) is 11.3 Å². The Bertz CT molecular complexity index is 385. The van der Waals surface area contributed by atoms with E-state index < -0.39 is 0 Å². The van der Waals surface area contributed by atoms with Crippen LogP contribution in [0.15, 0.2) is 11.4 Å². The summed E-state index contributed by atoms with van der Waals surface area (Å²) in [6.45, 7) is 10.2. The standard InChI is InChI=1S/C13H22N2OS/c1-5-15(9-13(3,4)8-14)12(16)11-10(2)6-7-17-11/h6-7H,5,8-9,14H2,1-4H3. The van der Waals surface area contributed by atoms with Crippen LogP contribution >= 0.6 is 11.3 Å². The van der Waals surface area contributed by atoms with Crippen molar-refractivity contribution in [3.63, 3.8) is 0 Å². The summed E-state index contributed by atoms with van der Waals surface area (Å²) in [4.78, 5) is 15.1. The van der Waals surface area contributed by atoms with E-state index in [1.807, 2.05) is 30.2 Å². The Balaban J connectivity index is 2.82. The first-order valence-electron chi connectivity index (χ1n) is 5.94. The fourth-order valence-electron chi connectivity index (χ4n) is 1.64. The second-order valence-corrected chi connectivity index (χ2v) is 6.04. The number of hydrogen-bond donors (Lipinski definition) is 1. The summed E-state index contributed by atoms with van der Waals surface area (Å²) in [6.07, 6.45) is 0. The smallest absolute Gasteiger partial charge is 0.264 e. The molecule has 0 aliphatic rings. The predicted octanol–water partition coefficient (Wildman–Crippen LogP) is 2.50. The summed E-state index contributed by atoms with van der Waals surface area (Å²) < 4.78 is 0. The maximum atomic E-state index is 12.3. The Morgan fingerprint density at radius 3 is 2.59 bits per heavy atom. The third-order valence-electron chi connectivity index (χ3n) is 2.90. The van der Waals surface area contributed by atoms with E-state index in [1.54, 1.807) is 0 Å². The van der Waals surface area contributed by atoms with Crippen LogP contribution in [-0.4, -0.2) is 30.4 Å². The van der Waals surface area contributed by atoms with Crippen LogP contribution in [0.5, 0.6) is 0 Å². The Morgan fingerprint density at radius 1 is 1.53 bits per heavy atom. The van der Waals surface area contributed by atoms with Gasteiger partial charge in [0.1, 0.15) is 0 Å². The first-order valence-corrected chi connectivity index (χ1v) is 6.82. The number of rotatable bonds is 5. The summed E-state index contributed by atoms with van der Waals surface area (Å²) >= 11 is 1.51. The molecule has 3 nitrogen and oxygen atoms in total. The summed E-state index contributed by atoms with van der Waals surface area (Å²) in [5.41, 5.74) is 6.75. The zero-order chi connectivity index (χ0) is 13.1. The third kappa shape index (κ3) is 3.54. The van der Waals surface area contributed by atoms with E-state index in [0.29, 0.717) is 13.1 Å². The third-order valence-corrected chi connectivity index (χ3v) is 3.90. The molecule has 0 aromatic carbocycles. The number of carbonyl (C=O) groups excluding carboxylic acids is 1. The molecule has 0 atom stereocenters.